The van der Waals surface area contributed by atoms with Crippen LogP contribution in [0, 0.1) is 5.92 Å². The number of nitrogens with zero attached hydrogens (tertiary/aromatic N) is 4. The lowest BCUT2D eigenvalue weighted by atomic mass is 9.83. The topological polar surface area (TPSA) is 214 Å². The fourth-order valence-corrected chi connectivity index (χ4v) is 8.26. The molecule has 0 amide bonds. The van der Waals surface area contributed by atoms with E-state index in [1.54, 1.807) is 12.1 Å². The highest BCUT2D eigenvalue weighted by molar-refractivity contribution is 5.89. The normalized spacial score (nSPS) is 15.8. The number of aromatic nitrogens is 4. The summed E-state index contributed by atoms with van der Waals surface area (Å²) >= 11 is 0. The number of carbonyl (C=O) groups is 2. The molecule has 1 saturated carbocycles. The minimum absolute atomic E-state index is 0.0106. The predicted molar refractivity (Wildman–Crippen MR) is 228 cm³/mol. The largest absolute Gasteiger partial charge is 0.507 e. The molecule has 7 N–H and O–H groups in total. The lowest BCUT2D eigenvalue weighted by Gasteiger charge is -2.31. The minimum Gasteiger partial charge on any atom is -0.507 e. The van der Waals surface area contributed by atoms with Gasteiger partial charge < -0.3 is 40.7 Å². The highest BCUT2D eigenvalue weighted by Gasteiger charge is 2.22. The first-order valence-corrected chi connectivity index (χ1v) is 20.9. The number of para-hydroxylation sites is 1. The Morgan fingerprint density at radius 2 is 1.57 bits per heavy atom. The lowest BCUT2D eigenvalue weighted by molar-refractivity contribution is -0.134. The van der Waals surface area contributed by atoms with Crippen LogP contribution >= 0.6 is 0 Å². The maximum Gasteiger partial charge on any atom is 0.328 e. The van der Waals surface area contributed by atoms with Crippen molar-refractivity contribution in [2.24, 2.45) is 5.92 Å². The van der Waals surface area contributed by atoms with E-state index in [1.165, 1.54) is 55.4 Å². The van der Waals surface area contributed by atoms with E-state index in [0.29, 0.717) is 59.2 Å². The molecule has 60 heavy (non-hydrogen) atoms. The molecule has 0 bridgehead atoms. The van der Waals surface area contributed by atoms with Gasteiger partial charge in [0.2, 0.25) is 5.56 Å². The number of likely N-dealkylation sites (tertiary alicyclic amines) is 1. The van der Waals surface area contributed by atoms with E-state index in [-0.39, 0.29) is 11.3 Å². The first kappa shape index (κ1) is 43.7. The number of nitrogens with one attached hydrogen (secondary N) is 2. The molecule has 0 spiro atoms. The second-order valence-corrected chi connectivity index (χ2v) is 15.9. The zero-order chi connectivity index (χ0) is 42.4. The second kappa shape index (κ2) is 21.4. The monoisotopic (exact) mass is 820 g/mol. The van der Waals surface area contributed by atoms with E-state index in [1.807, 2.05) is 17.1 Å². The smallest absolute Gasteiger partial charge is 0.328 e. The summed E-state index contributed by atoms with van der Waals surface area (Å²) in [6.45, 7) is 5.24. The Morgan fingerprint density at radius 3 is 2.27 bits per heavy atom. The Balaban J connectivity index is 0.000000686. The number of piperidine rings is 1. The van der Waals surface area contributed by atoms with Crippen LogP contribution in [0.15, 0.2) is 90.0 Å². The number of H-pyrrole nitrogens is 1. The van der Waals surface area contributed by atoms with Crippen LogP contribution < -0.4 is 10.9 Å². The number of benzene rings is 3. The molecule has 1 saturated heterocycles. The van der Waals surface area contributed by atoms with Crippen molar-refractivity contribution in [3.63, 3.8) is 0 Å². The number of aliphatic hydroxyl groups excluding tert-OH is 1. The Hall–Kier alpha value is -5.83. The van der Waals surface area contributed by atoms with E-state index in [2.05, 4.69) is 56.6 Å². The molecule has 14 nitrogen and oxygen atoms in total. The molecule has 318 valence electrons. The van der Waals surface area contributed by atoms with Crippen molar-refractivity contribution >= 4 is 22.8 Å². The average molecular weight is 821 g/mol. The zero-order valence-electron chi connectivity index (χ0n) is 33.9. The maximum absolute atomic E-state index is 11.7. The number of fused-ring (bicyclic) bond motifs is 1. The summed E-state index contributed by atoms with van der Waals surface area (Å²) in [5.74, 6) is -0.249. The number of hydrogen-bond acceptors (Lipinski definition) is 10. The predicted octanol–water partition coefficient (Wildman–Crippen LogP) is 5.70. The van der Waals surface area contributed by atoms with E-state index in [4.69, 9.17) is 15.3 Å². The fourth-order valence-electron chi connectivity index (χ4n) is 8.26. The van der Waals surface area contributed by atoms with Gasteiger partial charge in [-0.25, -0.2) is 14.6 Å². The number of hydrogen-bond donors (Lipinski definition) is 7. The van der Waals surface area contributed by atoms with Gasteiger partial charge in [-0.2, -0.15) is 5.10 Å². The number of carboxylic acids is 2. The number of phenols is 2. The van der Waals surface area contributed by atoms with Crippen LogP contribution in [0.1, 0.15) is 90.6 Å². The number of aromatic hydroxyl groups is 2. The molecule has 3 aromatic carbocycles. The quantitative estimate of drug-likeness (QED) is 0.0472. The van der Waals surface area contributed by atoms with Gasteiger partial charge in [0.25, 0.3) is 0 Å². The van der Waals surface area contributed by atoms with Gasteiger partial charge in [0, 0.05) is 55.2 Å². The molecule has 2 aliphatic rings. The standard InChI is InChI=1S/C42H52N6O4.C4H4O4/c49-37-15-13-35(36-14-16-40(51)45-41(36)37)38(50)26-43-21-17-29-9-11-30(12-10-29)18-22-47-23-19-31(20-24-47)27-48-28-44-39(46-48)25-33-7-4-8-34(42(33)52)32-5-2-1-3-6-32;5-3(6)1-2-4(7)8/h4,7-16,28,31-32,38,43,49-50,52H,1-3,5-6,17-27H2,(H,45,51);1-2H,(H,5,6)(H,7,8)/t38-;/m0./s1. The van der Waals surface area contributed by atoms with Gasteiger partial charge >= 0.3 is 11.9 Å². The molecule has 1 atom stereocenters. The van der Waals surface area contributed by atoms with Gasteiger partial charge in [-0.05, 0) is 104 Å². The molecular weight excluding hydrogens is 765 g/mol. The van der Waals surface area contributed by atoms with E-state index in [0.717, 1.165) is 75.4 Å². The molecule has 2 aromatic heterocycles. The van der Waals surface area contributed by atoms with Crippen molar-refractivity contribution in [1.29, 1.82) is 0 Å². The third-order valence-corrected chi connectivity index (χ3v) is 11.6. The Kier molecular flexibility index (Phi) is 15.6. The fraction of sp³-hybridized carbons (Fsp3) is 0.413. The van der Waals surface area contributed by atoms with Crippen LogP contribution in [0.3, 0.4) is 0 Å². The number of pyridine rings is 1. The first-order valence-electron chi connectivity index (χ1n) is 20.9. The third kappa shape index (κ3) is 12.6. The van der Waals surface area contributed by atoms with Crippen LogP contribution in [-0.2, 0) is 35.4 Å². The Bertz CT molecular complexity index is 2260. The van der Waals surface area contributed by atoms with E-state index >= 15 is 0 Å². The Morgan fingerprint density at radius 1 is 0.867 bits per heavy atom. The van der Waals surface area contributed by atoms with Gasteiger partial charge in [0.1, 0.15) is 17.8 Å². The summed E-state index contributed by atoms with van der Waals surface area (Å²) in [5, 5.41) is 56.4. The van der Waals surface area contributed by atoms with Crippen molar-refractivity contribution in [3.8, 4) is 11.5 Å². The molecule has 14 heteroatoms. The van der Waals surface area contributed by atoms with Gasteiger partial charge in [-0.15, -0.1) is 0 Å². The van der Waals surface area contributed by atoms with Gasteiger partial charge in [0.05, 0.1) is 11.6 Å². The molecule has 5 aromatic rings. The van der Waals surface area contributed by atoms with Gasteiger partial charge in [-0.3, -0.25) is 9.48 Å². The average Bonchev–Trinajstić information content (AvgIpc) is 3.69. The molecule has 3 heterocycles. The highest BCUT2D eigenvalue weighted by atomic mass is 16.4. The number of carboxylic acid groups (broad SMARTS) is 2. The SMILES string of the molecule is O=C(O)C=CC(=O)O.O=c1ccc2c([C@@H](O)CNCCc3ccc(CCN4CCC(Cn5cnc(Cc6cccc(C7CCCCC7)c6O)n5)CC4)cc3)ccc(O)c2[nH]1. The number of aliphatic hydroxyl groups is 1. The minimum atomic E-state index is -1.26. The number of rotatable bonds is 16. The molecule has 1 aliphatic carbocycles. The zero-order valence-corrected chi connectivity index (χ0v) is 33.9. The molecular formula is C46H56N6O8. The van der Waals surface area contributed by atoms with Crippen molar-refractivity contribution in [2.75, 3.05) is 32.7 Å². The first-order chi connectivity index (χ1) is 29.0. The number of phenolic OH excluding ortho intramolecular Hbond substituents is 2. The van der Waals surface area contributed by atoms with Crippen molar-refractivity contribution < 1.29 is 35.1 Å². The third-order valence-electron chi connectivity index (χ3n) is 11.6. The highest BCUT2D eigenvalue weighted by Crippen LogP contribution is 2.39. The maximum atomic E-state index is 11.7. The Labute approximate surface area is 349 Å². The van der Waals surface area contributed by atoms with Gasteiger partial charge in [0.15, 0.2) is 5.82 Å². The van der Waals surface area contributed by atoms with Crippen LogP contribution in [0.5, 0.6) is 11.5 Å². The molecule has 0 radical (unpaired) electrons. The molecule has 2 fully saturated rings. The molecule has 7 rings (SSSR count). The number of aromatic amines is 1. The number of aliphatic carboxylic acids is 2. The molecule has 1 aliphatic heterocycles. The summed E-state index contributed by atoms with van der Waals surface area (Å²) in [6.07, 6.45) is 13.1. The summed E-state index contributed by atoms with van der Waals surface area (Å²) in [7, 11) is 0. The van der Waals surface area contributed by atoms with Crippen molar-refractivity contribution in [3.05, 3.63) is 129 Å². The second-order valence-electron chi connectivity index (χ2n) is 15.9. The van der Waals surface area contributed by atoms with Crippen LogP contribution in [-0.4, -0.2) is 94.8 Å². The molecule has 0 unspecified atom stereocenters. The van der Waals surface area contributed by atoms with Crippen molar-refractivity contribution in [2.45, 2.75) is 82.8 Å². The summed E-state index contributed by atoms with van der Waals surface area (Å²) in [5.41, 5.74) is 5.34. The summed E-state index contributed by atoms with van der Waals surface area (Å²) in [4.78, 5) is 40.6. The van der Waals surface area contributed by atoms with Crippen molar-refractivity contribution in [1.82, 2.24) is 30.0 Å². The van der Waals surface area contributed by atoms with Crippen LogP contribution in [0.2, 0.25) is 0 Å². The van der Waals surface area contributed by atoms with E-state index < -0.39 is 18.0 Å². The van der Waals surface area contributed by atoms with Crippen LogP contribution in [0.4, 0.5) is 0 Å². The van der Waals surface area contributed by atoms with Crippen LogP contribution in [0.25, 0.3) is 10.9 Å². The van der Waals surface area contributed by atoms with Gasteiger partial charge in [-0.1, -0.05) is 67.8 Å². The lowest BCUT2D eigenvalue weighted by Crippen LogP contribution is -2.36. The summed E-state index contributed by atoms with van der Waals surface area (Å²) in [6, 6.07) is 21.3. The van der Waals surface area contributed by atoms with E-state index in [9.17, 15) is 29.7 Å². The summed E-state index contributed by atoms with van der Waals surface area (Å²) < 4.78 is 2.00.